The van der Waals surface area contributed by atoms with E-state index in [9.17, 15) is 13.2 Å². The number of ether oxygens (including phenoxy) is 2. The fourth-order valence-electron chi connectivity index (χ4n) is 5.05. The first kappa shape index (κ1) is 20.6. The van der Waals surface area contributed by atoms with Gasteiger partial charge >= 0.3 is 0 Å². The fraction of sp³-hybridized carbons (Fsp3) is 0.667. The second-order valence-electron chi connectivity index (χ2n) is 8.29. The first-order valence-corrected chi connectivity index (χ1v) is 12.1. The molecule has 1 heterocycles. The molecule has 7 nitrogen and oxygen atoms in total. The third kappa shape index (κ3) is 4.44. The number of rotatable bonds is 7. The van der Waals surface area contributed by atoms with Gasteiger partial charge in [0.15, 0.2) is 0 Å². The topological polar surface area (TPSA) is 84.9 Å². The van der Waals surface area contributed by atoms with E-state index in [4.69, 9.17) is 9.47 Å². The zero-order chi connectivity index (χ0) is 20.4. The Kier molecular flexibility index (Phi) is 6.13. The van der Waals surface area contributed by atoms with Gasteiger partial charge in [-0.15, -0.1) is 0 Å². The molecule has 0 radical (unpaired) electrons. The van der Waals surface area contributed by atoms with Crippen molar-refractivity contribution in [2.45, 2.75) is 43.9 Å². The Morgan fingerprint density at radius 3 is 2.69 bits per heavy atom. The van der Waals surface area contributed by atoms with Crippen molar-refractivity contribution < 1.29 is 22.7 Å². The van der Waals surface area contributed by atoms with Gasteiger partial charge in [-0.2, -0.15) is 4.31 Å². The van der Waals surface area contributed by atoms with Gasteiger partial charge in [-0.05, 0) is 62.1 Å². The van der Waals surface area contributed by atoms with Crippen LogP contribution in [0.15, 0.2) is 23.1 Å². The maximum absolute atomic E-state index is 13.0. The van der Waals surface area contributed by atoms with Crippen molar-refractivity contribution in [3.63, 3.8) is 0 Å². The molecular formula is C21H30N2O5S. The van der Waals surface area contributed by atoms with Crippen molar-refractivity contribution in [2.24, 2.45) is 17.8 Å². The fourth-order valence-corrected chi connectivity index (χ4v) is 6.49. The summed E-state index contributed by atoms with van der Waals surface area (Å²) in [4.78, 5) is 12.9. The van der Waals surface area contributed by atoms with E-state index in [2.05, 4.69) is 5.32 Å². The van der Waals surface area contributed by atoms with Crippen LogP contribution in [0.4, 0.5) is 5.69 Å². The minimum atomic E-state index is -3.63. The SMILES string of the molecule is CCOc1ccc(S(=O)(=O)N2CCOCC2)cc1NC(=O)C[C@H]1C[C@H]2CC[C@@H]1C2. The van der Waals surface area contributed by atoms with Crippen LogP contribution in [0.2, 0.25) is 0 Å². The van der Waals surface area contributed by atoms with Crippen LogP contribution in [0.5, 0.6) is 5.75 Å². The van der Waals surface area contributed by atoms with Crippen molar-refractivity contribution >= 4 is 21.6 Å². The monoisotopic (exact) mass is 422 g/mol. The van der Waals surface area contributed by atoms with Crippen LogP contribution in [0.3, 0.4) is 0 Å². The molecule has 0 unspecified atom stereocenters. The maximum Gasteiger partial charge on any atom is 0.243 e. The molecule has 2 bridgehead atoms. The number of hydrogen-bond acceptors (Lipinski definition) is 5. The van der Waals surface area contributed by atoms with Gasteiger partial charge in [0.25, 0.3) is 0 Å². The minimum absolute atomic E-state index is 0.0653. The molecule has 29 heavy (non-hydrogen) atoms. The summed E-state index contributed by atoms with van der Waals surface area (Å²) < 4.78 is 38.3. The number of fused-ring (bicyclic) bond motifs is 2. The Balaban J connectivity index is 1.51. The predicted octanol–water partition coefficient (Wildman–Crippen LogP) is 2.87. The Morgan fingerprint density at radius 2 is 2.03 bits per heavy atom. The molecular weight excluding hydrogens is 392 g/mol. The molecule has 1 aromatic carbocycles. The maximum atomic E-state index is 13.0. The Labute approximate surface area is 172 Å². The van der Waals surface area contributed by atoms with E-state index in [0.717, 1.165) is 12.3 Å². The van der Waals surface area contributed by atoms with Crippen LogP contribution in [0.1, 0.15) is 39.0 Å². The largest absolute Gasteiger partial charge is 0.492 e. The summed E-state index contributed by atoms with van der Waals surface area (Å²) in [5.41, 5.74) is 0.425. The van der Waals surface area contributed by atoms with Gasteiger partial charge in [0, 0.05) is 19.5 Å². The van der Waals surface area contributed by atoms with E-state index in [0.29, 0.717) is 62.6 Å². The van der Waals surface area contributed by atoms with E-state index in [1.54, 1.807) is 12.1 Å². The molecule has 3 fully saturated rings. The van der Waals surface area contributed by atoms with Crippen LogP contribution in [-0.2, 0) is 19.6 Å². The third-order valence-corrected chi connectivity index (χ3v) is 8.36. The van der Waals surface area contributed by atoms with Crippen molar-refractivity contribution in [3.8, 4) is 5.75 Å². The number of morpholine rings is 1. The molecule has 4 rings (SSSR count). The molecule has 3 aliphatic rings. The van der Waals surface area contributed by atoms with E-state index in [-0.39, 0.29) is 10.8 Å². The molecule has 1 aromatic rings. The lowest BCUT2D eigenvalue weighted by Gasteiger charge is -2.26. The van der Waals surface area contributed by atoms with Crippen LogP contribution in [-0.4, -0.2) is 51.5 Å². The summed E-state index contributed by atoms with van der Waals surface area (Å²) in [5.74, 6) is 2.34. The van der Waals surface area contributed by atoms with E-state index >= 15 is 0 Å². The standard InChI is InChI=1S/C21H30N2O5S/c1-2-28-20-6-5-18(29(25,26)23-7-9-27-10-8-23)14-19(20)22-21(24)13-17-12-15-3-4-16(17)11-15/h5-6,14-17H,2-4,7-13H2,1H3,(H,22,24)/t15-,16+,17+/m0/s1. The molecule has 1 aliphatic heterocycles. The van der Waals surface area contributed by atoms with Gasteiger partial charge in [0.2, 0.25) is 15.9 Å². The molecule has 0 aromatic heterocycles. The van der Waals surface area contributed by atoms with Crippen molar-refractivity contribution in [1.82, 2.24) is 4.31 Å². The highest BCUT2D eigenvalue weighted by molar-refractivity contribution is 7.89. The molecule has 8 heteroatoms. The number of benzene rings is 1. The lowest BCUT2D eigenvalue weighted by atomic mass is 9.86. The predicted molar refractivity (Wildman–Crippen MR) is 109 cm³/mol. The zero-order valence-corrected chi connectivity index (χ0v) is 17.7. The van der Waals surface area contributed by atoms with Crippen molar-refractivity contribution in [3.05, 3.63) is 18.2 Å². The number of anilines is 1. The summed E-state index contributed by atoms with van der Waals surface area (Å²) in [6.07, 6.45) is 5.43. The number of hydrogen-bond donors (Lipinski definition) is 1. The second kappa shape index (κ2) is 8.62. The lowest BCUT2D eigenvalue weighted by molar-refractivity contribution is -0.117. The summed E-state index contributed by atoms with van der Waals surface area (Å²) in [6.45, 7) is 3.75. The third-order valence-electron chi connectivity index (χ3n) is 6.46. The lowest BCUT2D eigenvalue weighted by Crippen LogP contribution is -2.40. The highest BCUT2D eigenvalue weighted by Crippen LogP contribution is 2.49. The molecule has 160 valence electrons. The van der Waals surface area contributed by atoms with Crippen LogP contribution in [0, 0.1) is 17.8 Å². The molecule has 0 spiro atoms. The minimum Gasteiger partial charge on any atom is -0.492 e. The summed E-state index contributed by atoms with van der Waals surface area (Å²) in [6, 6.07) is 4.69. The number of sulfonamides is 1. The summed E-state index contributed by atoms with van der Waals surface area (Å²) in [5, 5.41) is 2.93. The first-order valence-electron chi connectivity index (χ1n) is 10.6. The number of nitrogens with zero attached hydrogens (tertiary/aromatic N) is 1. The average Bonchev–Trinajstić information content (AvgIpc) is 3.33. The number of amides is 1. The second-order valence-corrected chi connectivity index (χ2v) is 10.2. The molecule has 2 aliphatic carbocycles. The molecule has 3 atom stereocenters. The van der Waals surface area contributed by atoms with Gasteiger partial charge in [-0.25, -0.2) is 8.42 Å². The first-order chi connectivity index (χ1) is 14.0. The van der Waals surface area contributed by atoms with Gasteiger partial charge in [0.1, 0.15) is 5.75 Å². The summed E-state index contributed by atoms with van der Waals surface area (Å²) >= 11 is 0. The Hall–Kier alpha value is -1.64. The van der Waals surface area contributed by atoms with Gasteiger partial charge in [-0.3, -0.25) is 4.79 Å². The van der Waals surface area contributed by atoms with E-state index in [1.807, 2.05) is 6.92 Å². The normalized spacial score (nSPS) is 27.1. The van der Waals surface area contributed by atoms with E-state index < -0.39 is 10.0 Å². The zero-order valence-electron chi connectivity index (χ0n) is 16.9. The van der Waals surface area contributed by atoms with Gasteiger partial charge < -0.3 is 14.8 Å². The quantitative estimate of drug-likeness (QED) is 0.730. The average molecular weight is 423 g/mol. The number of carbonyl (C=O) groups excluding carboxylic acids is 1. The van der Waals surface area contributed by atoms with Crippen LogP contribution >= 0.6 is 0 Å². The number of nitrogens with one attached hydrogen (secondary N) is 1. The highest BCUT2D eigenvalue weighted by Gasteiger charge is 2.40. The molecule has 2 saturated carbocycles. The highest BCUT2D eigenvalue weighted by atomic mass is 32.2. The van der Waals surface area contributed by atoms with E-state index in [1.165, 1.54) is 29.6 Å². The summed E-state index contributed by atoms with van der Waals surface area (Å²) in [7, 11) is -3.63. The Bertz CT molecular complexity index is 851. The number of carbonyl (C=O) groups is 1. The van der Waals surface area contributed by atoms with Crippen molar-refractivity contribution in [2.75, 3.05) is 38.2 Å². The molecule has 1 amide bonds. The van der Waals surface area contributed by atoms with Crippen molar-refractivity contribution in [1.29, 1.82) is 0 Å². The van der Waals surface area contributed by atoms with Gasteiger partial charge in [0.05, 0.1) is 30.4 Å². The van der Waals surface area contributed by atoms with Crippen LogP contribution in [0.25, 0.3) is 0 Å². The van der Waals surface area contributed by atoms with Crippen LogP contribution < -0.4 is 10.1 Å². The van der Waals surface area contributed by atoms with Gasteiger partial charge in [-0.1, -0.05) is 6.42 Å². The smallest absolute Gasteiger partial charge is 0.243 e. The molecule has 1 saturated heterocycles. The Morgan fingerprint density at radius 1 is 1.24 bits per heavy atom. The molecule has 1 N–H and O–H groups in total.